The van der Waals surface area contributed by atoms with Crippen LogP contribution in [0.15, 0.2) is 54.6 Å². The lowest BCUT2D eigenvalue weighted by Gasteiger charge is -2.22. The van der Waals surface area contributed by atoms with Gasteiger partial charge in [0.25, 0.3) is 0 Å². The van der Waals surface area contributed by atoms with E-state index in [0.29, 0.717) is 24.5 Å². The van der Waals surface area contributed by atoms with Crippen LogP contribution in [0, 0.1) is 0 Å². The number of para-hydroxylation sites is 1. The Morgan fingerprint density at radius 1 is 0.889 bits per heavy atom. The van der Waals surface area contributed by atoms with Crippen LogP contribution < -0.4 is 10.1 Å². The maximum Gasteiger partial charge on any atom is 0.238 e. The first-order valence-electron chi connectivity index (χ1n) is 9.11. The van der Waals surface area contributed by atoms with Gasteiger partial charge >= 0.3 is 0 Å². The van der Waals surface area contributed by atoms with E-state index in [9.17, 15) is 9.59 Å². The molecule has 0 aliphatic heterocycles. The third-order valence-electron chi connectivity index (χ3n) is 4.05. The molecule has 2 aromatic rings. The Kier molecular flexibility index (Phi) is 7.82. The number of carbonyl (C=O) groups excluding carboxylic acids is 2. The zero-order valence-corrected chi connectivity index (χ0v) is 16.1. The van der Waals surface area contributed by atoms with Gasteiger partial charge in [-0.2, -0.15) is 0 Å². The van der Waals surface area contributed by atoms with Crippen molar-refractivity contribution in [3.63, 3.8) is 0 Å². The predicted molar refractivity (Wildman–Crippen MR) is 107 cm³/mol. The average molecular weight is 369 g/mol. The van der Waals surface area contributed by atoms with E-state index in [2.05, 4.69) is 5.32 Å². The van der Waals surface area contributed by atoms with Crippen LogP contribution >= 0.6 is 0 Å². The largest absolute Gasteiger partial charge is 0.457 e. The van der Waals surface area contributed by atoms with Crippen molar-refractivity contribution in [1.82, 2.24) is 9.80 Å². The Bertz CT molecular complexity index is 728. The lowest BCUT2D eigenvalue weighted by atomic mass is 10.3. The minimum absolute atomic E-state index is 0.0257. The second kappa shape index (κ2) is 10.3. The molecule has 2 rings (SSSR count). The van der Waals surface area contributed by atoms with Gasteiger partial charge in [-0.1, -0.05) is 18.2 Å². The number of amides is 2. The first-order valence-corrected chi connectivity index (χ1v) is 9.11. The summed E-state index contributed by atoms with van der Waals surface area (Å²) < 4.78 is 5.73. The Morgan fingerprint density at radius 2 is 1.48 bits per heavy atom. The van der Waals surface area contributed by atoms with Gasteiger partial charge in [0, 0.05) is 18.8 Å². The van der Waals surface area contributed by atoms with Crippen LogP contribution in [0.25, 0.3) is 0 Å². The Morgan fingerprint density at radius 3 is 2.07 bits per heavy atom. The molecule has 0 atom stereocenters. The Hall–Kier alpha value is -2.86. The highest BCUT2D eigenvalue weighted by atomic mass is 16.5. The molecule has 0 aliphatic carbocycles. The van der Waals surface area contributed by atoms with Crippen molar-refractivity contribution in [2.45, 2.75) is 13.8 Å². The lowest BCUT2D eigenvalue weighted by molar-refractivity contribution is -0.132. The van der Waals surface area contributed by atoms with Crippen LogP contribution in [-0.4, -0.2) is 54.8 Å². The number of likely N-dealkylation sites (N-methyl/N-ethyl adjacent to an activating group) is 2. The molecule has 6 heteroatoms. The summed E-state index contributed by atoms with van der Waals surface area (Å²) in [6.45, 7) is 5.60. The van der Waals surface area contributed by atoms with Crippen molar-refractivity contribution < 1.29 is 14.3 Å². The van der Waals surface area contributed by atoms with Crippen LogP contribution in [0.3, 0.4) is 0 Å². The second-order valence-corrected chi connectivity index (χ2v) is 6.23. The highest BCUT2D eigenvalue weighted by molar-refractivity contribution is 5.92. The van der Waals surface area contributed by atoms with Crippen molar-refractivity contribution in [1.29, 1.82) is 0 Å². The predicted octanol–water partition coefficient (Wildman–Crippen LogP) is 3.22. The fourth-order valence-corrected chi connectivity index (χ4v) is 2.64. The lowest BCUT2D eigenvalue weighted by Crippen LogP contribution is -2.41. The fraction of sp³-hybridized carbons (Fsp3) is 0.333. The van der Waals surface area contributed by atoms with Gasteiger partial charge in [0.2, 0.25) is 11.8 Å². The molecule has 0 saturated carbocycles. The Labute approximate surface area is 160 Å². The maximum atomic E-state index is 12.2. The normalized spacial score (nSPS) is 10.5. The number of hydrogen-bond donors (Lipinski definition) is 1. The van der Waals surface area contributed by atoms with E-state index in [1.807, 2.05) is 44.2 Å². The minimum atomic E-state index is -0.165. The van der Waals surface area contributed by atoms with Gasteiger partial charge in [-0.25, -0.2) is 0 Å². The Balaban J connectivity index is 1.82. The summed E-state index contributed by atoms with van der Waals surface area (Å²) in [6, 6.07) is 16.7. The van der Waals surface area contributed by atoms with Crippen molar-refractivity contribution >= 4 is 17.5 Å². The number of nitrogens with one attached hydrogen (secondary N) is 1. The monoisotopic (exact) mass is 369 g/mol. The van der Waals surface area contributed by atoms with Crippen LogP contribution in [0.4, 0.5) is 5.69 Å². The smallest absolute Gasteiger partial charge is 0.238 e. The van der Waals surface area contributed by atoms with Crippen molar-refractivity contribution in [2.24, 2.45) is 0 Å². The van der Waals surface area contributed by atoms with Crippen molar-refractivity contribution in [3.05, 3.63) is 54.6 Å². The van der Waals surface area contributed by atoms with E-state index in [4.69, 9.17) is 4.74 Å². The molecule has 2 aromatic carbocycles. The molecular weight excluding hydrogens is 342 g/mol. The highest BCUT2D eigenvalue weighted by Gasteiger charge is 2.14. The quantitative estimate of drug-likeness (QED) is 0.737. The third kappa shape index (κ3) is 6.75. The van der Waals surface area contributed by atoms with E-state index in [1.54, 1.807) is 41.1 Å². The number of carbonyl (C=O) groups is 2. The molecule has 0 heterocycles. The standard InChI is InChI=1S/C21H27N3O3/c1-4-24(5-2)21(26)16-23(3)15-20(25)22-17-11-13-19(14-12-17)27-18-9-7-6-8-10-18/h6-14H,4-5,15-16H2,1-3H3,(H,22,25). The van der Waals surface area contributed by atoms with Crippen molar-refractivity contribution in [3.8, 4) is 11.5 Å². The molecule has 144 valence electrons. The molecular formula is C21H27N3O3. The topological polar surface area (TPSA) is 61.9 Å². The molecule has 0 unspecified atom stereocenters. The summed E-state index contributed by atoms with van der Waals surface area (Å²) in [7, 11) is 1.76. The molecule has 0 aliphatic rings. The third-order valence-corrected chi connectivity index (χ3v) is 4.05. The zero-order valence-electron chi connectivity index (χ0n) is 16.1. The molecule has 27 heavy (non-hydrogen) atoms. The van der Waals surface area contributed by atoms with Crippen LogP contribution in [-0.2, 0) is 9.59 Å². The van der Waals surface area contributed by atoms with E-state index < -0.39 is 0 Å². The van der Waals surface area contributed by atoms with Gasteiger partial charge < -0.3 is 15.0 Å². The number of rotatable bonds is 9. The van der Waals surface area contributed by atoms with Gasteiger partial charge in [0.05, 0.1) is 13.1 Å². The number of anilines is 1. The zero-order chi connectivity index (χ0) is 19.6. The number of ether oxygens (including phenoxy) is 1. The van der Waals surface area contributed by atoms with Gasteiger partial charge in [0.1, 0.15) is 11.5 Å². The minimum Gasteiger partial charge on any atom is -0.457 e. The molecule has 2 amide bonds. The fourth-order valence-electron chi connectivity index (χ4n) is 2.64. The van der Waals surface area contributed by atoms with Gasteiger partial charge in [0.15, 0.2) is 0 Å². The van der Waals surface area contributed by atoms with Crippen LogP contribution in [0.5, 0.6) is 11.5 Å². The average Bonchev–Trinajstić information content (AvgIpc) is 2.65. The van der Waals surface area contributed by atoms with E-state index in [-0.39, 0.29) is 24.9 Å². The summed E-state index contributed by atoms with van der Waals surface area (Å²) in [5, 5.41) is 2.83. The number of benzene rings is 2. The molecule has 0 radical (unpaired) electrons. The first kappa shape index (κ1) is 20.5. The van der Waals surface area contributed by atoms with Crippen LogP contribution in [0.2, 0.25) is 0 Å². The molecule has 0 aromatic heterocycles. The second-order valence-electron chi connectivity index (χ2n) is 6.23. The maximum absolute atomic E-state index is 12.2. The SMILES string of the molecule is CCN(CC)C(=O)CN(C)CC(=O)Nc1ccc(Oc2ccccc2)cc1. The summed E-state index contributed by atoms with van der Waals surface area (Å²) in [4.78, 5) is 27.7. The number of nitrogens with zero attached hydrogens (tertiary/aromatic N) is 2. The summed E-state index contributed by atoms with van der Waals surface area (Å²) in [5.41, 5.74) is 0.684. The summed E-state index contributed by atoms with van der Waals surface area (Å²) in [6.07, 6.45) is 0. The molecule has 0 fully saturated rings. The molecule has 0 saturated heterocycles. The van der Waals surface area contributed by atoms with Crippen molar-refractivity contribution in [2.75, 3.05) is 38.5 Å². The van der Waals surface area contributed by atoms with E-state index >= 15 is 0 Å². The highest BCUT2D eigenvalue weighted by Crippen LogP contribution is 2.22. The van der Waals surface area contributed by atoms with E-state index in [1.165, 1.54) is 0 Å². The number of hydrogen-bond acceptors (Lipinski definition) is 4. The summed E-state index contributed by atoms with van der Waals surface area (Å²) >= 11 is 0. The van der Waals surface area contributed by atoms with Crippen LogP contribution in [0.1, 0.15) is 13.8 Å². The van der Waals surface area contributed by atoms with Gasteiger partial charge in [-0.3, -0.25) is 14.5 Å². The molecule has 0 spiro atoms. The molecule has 6 nitrogen and oxygen atoms in total. The van der Waals surface area contributed by atoms with E-state index in [0.717, 1.165) is 5.75 Å². The molecule has 0 bridgehead atoms. The van der Waals surface area contributed by atoms with Gasteiger partial charge in [-0.15, -0.1) is 0 Å². The molecule has 1 N–H and O–H groups in total. The van der Waals surface area contributed by atoms with Gasteiger partial charge in [-0.05, 0) is 57.3 Å². The first-order chi connectivity index (χ1) is 13.0. The summed E-state index contributed by atoms with van der Waals surface area (Å²) in [5.74, 6) is 1.31.